The third-order valence-electron chi connectivity index (χ3n) is 3.06. The van der Waals surface area contributed by atoms with Gasteiger partial charge in [0.2, 0.25) is 0 Å². The summed E-state index contributed by atoms with van der Waals surface area (Å²) in [5, 5.41) is 9.10. The van der Waals surface area contributed by atoms with Crippen molar-refractivity contribution in [3.63, 3.8) is 0 Å². The van der Waals surface area contributed by atoms with Gasteiger partial charge in [-0.3, -0.25) is 0 Å². The second-order valence-electron chi connectivity index (χ2n) is 4.50. The highest BCUT2D eigenvalue weighted by molar-refractivity contribution is 9.10. The van der Waals surface area contributed by atoms with Crippen molar-refractivity contribution in [3.8, 4) is 5.75 Å². The Labute approximate surface area is 136 Å². The van der Waals surface area contributed by atoms with Gasteiger partial charge in [-0.1, -0.05) is 24.3 Å². The van der Waals surface area contributed by atoms with Crippen LogP contribution in [0.3, 0.4) is 0 Å². The first kappa shape index (κ1) is 16.5. The van der Waals surface area contributed by atoms with Crippen LogP contribution in [-0.4, -0.2) is 26.6 Å². The number of ether oxygens (including phenoxy) is 1. The molecule has 0 fully saturated rings. The molecule has 7 heteroatoms. The standard InChI is InChI=1S/C15H13BrO5S/c1-21-14-12(15(17)18)8-7-10(13(14)16)9-22(19,20)11-5-3-2-4-6-11/h2-8H,9H2,1H3,(H,17,18). The fourth-order valence-corrected chi connectivity index (χ4v) is 4.21. The maximum absolute atomic E-state index is 12.4. The minimum absolute atomic E-state index is 0.0322. The summed E-state index contributed by atoms with van der Waals surface area (Å²) in [7, 11) is -2.19. The molecular formula is C15H13BrO5S. The molecule has 0 saturated heterocycles. The van der Waals surface area contributed by atoms with Gasteiger partial charge in [0.1, 0.15) is 11.3 Å². The summed E-state index contributed by atoms with van der Waals surface area (Å²) < 4.78 is 30.2. The van der Waals surface area contributed by atoms with Gasteiger partial charge < -0.3 is 9.84 Å². The van der Waals surface area contributed by atoms with E-state index >= 15 is 0 Å². The quantitative estimate of drug-likeness (QED) is 0.856. The van der Waals surface area contributed by atoms with Crippen LogP contribution < -0.4 is 4.74 Å². The Morgan fingerprint density at radius 2 is 1.82 bits per heavy atom. The molecule has 0 aliphatic rings. The largest absolute Gasteiger partial charge is 0.495 e. The molecule has 5 nitrogen and oxygen atoms in total. The maximum atomic E-state index is 12.4. The first-order chi connectivity index (χ1) is 10.4. The molecule has 2 aromatic rings. The van der Waals surface area contributed by atoms with Gasteiger partial charge in [0.25, 0.3) is 0 Å². The van der Waals surface area contributed by atoms with E-state index in [1.165, 1.54) is 31.4 Å². The van der Waals surface area contributed by atoms with Crippen molar-refractivity contribution in [2.75, 3.05) is 7.11 Å². The van der Waals surface area contributed by atoms with Crippen molar-refractivity contribution in [2.45, 2.75) is 10.6 Å². The highest BCUT2D eigenvalue weighted by Crippen LogP contribution is 2.34. The molecule has 0 aliphatic carbocycles. The molecule has 0 heterocycles. The molecule has 0 saturated carbocycles. The van der Waals surface area contributed by atoms with Crippen LogP contribution in [0.15, 0.2) is 51.8 Å². The van der Waals surface area contributed by atoms with Crippen LogP contribution in [0.25, 0.3) is 0 Å². The van der Waals surface area contributed by atoms with Gasteiger partial charge in [0.05, 0.1) is 22.2 Å². The molecule has 0 unspecified atom stereocenters. The van der Waals surface area contributed by atoms with Crippen LogP contribution in [0.4, 0.5) is 0 Å². The lowest BCUT2D eigenvalue weighted by Gasteiger charge is -2.12. The van der Waals surface area contributed by atoms with Gasteiger partial charge in [0.15, 0.2) is 9.84 Å². The first-order valence-corrected chi connectivity index (χ1v) is 8.68. The predicted molar refractivity (Wildman–Crippen MR) is 85.0 cm³/mol. The number of carbonyl (C=O) groups is 1. The molecule has 0 radical (unpaired) electrons. The molecule has 2 rings (SSSR count). The van der Waals surface area contributed by atoms with Crippen molar-refractivity contribution in [3.05, 3.63) is 58.1 Å². The molecule has 0 aromatic heterocycles. The summed E-state index contributed by atoms with van der Waals surface area (Å²) in [6.07, 6.45) is 0. The highest BCUT2D eigenvalue weighted by Gasteiger charge is 2.21. The average molecular weight is 385 g/mol. The second-order valence-corrected chi connectivity index (χ2v) is 7.28. The number of benzene rings is 2. The Morgan fingerprint density at radius 3 is 2.36 bits per heavy atom. The zero-order valence-electron chi connectivity index (χ0n) is 11.6. The van der Waals surface area contributed by atoms with Gasteiger partial charge in [0, 0.05) is 0 Å². The molecular weight excluding hydrogens is 372 g/mol. The van der Waals surface area contributed by atoms with Gasteiger partial charge in [-0.2, -0.15) is 0 Å². The topological polar surface area (TPSA) is 80.7 Å². The van der Waals surface area contributed by atoms with E-state index in [9.17, 15) is 13.2 Å². The third kappa shape index (κ3) is 3.31. The van der Waals surface area contributed by atoms with E-state index < -0.39 is 15.8 Å². The van der Waals surface area contributed by atoms with Crippen molar-refractivity contribution in [1.82, 2.24) is 0 Å². The van der Waals surface area contributed by atoms with Gasteiger partial charge in [-0.15, -0.1) is 0 Å². The maximum Gasteiger partial charge on any atom is 0.339 e. The SMILES string of the molecule is COc1c(C(=O)O)ccc(CS(=O)(=O)c2ccccc2)c1Br. The normalized spacial score (nSPS) is 11.2. The molecule has 116 valence electrons. The lowest BCUT2D eigenvalue weighted by Crippen LogP contribution is -2.08. The smallest absolute Gasteiger partial charge is 0.339 e. The fourth-order valence-electron chi connectivity index (χ4n) is 1.99. The van der Waals surface area contributed by atoms with Crippen molar-refractivity contribution < 1.29 is 23.1 Å². The van der Waals surface area contributed by atoms with E-state index in [0.717, 1.165) is 0 Å². The number of hydrogen-bond acceptors (Lipinski definition) is 4. The highest BCUT2D eigenvalue weighted by atomic mass is 79.9. The summed E-state index contributed by atoms with van der Waals surface area (Å²) in [6, 6.07) is 10.9. The Morgan fingerprint density at radius 1 is 1.18 bits per heavy atom. The predicted octanol–water partition coefficient (Wildman–Crippen LogP) is 3.13. The summed E-state index contributed by atoms with van der Waals surface area (Å²) in [6.45, 7) is 0. The van der Waals surface area contributed by atoms with E-state index in [1.807, 2.05) is 0 Å². The molecule has 2 aromatic carbocycles. The van der Waals surface area contributed by atoms with Crippen LogP contribution in [0, 0.1) is 0 Å². The summed E-state index contributed by atoms with van der Waals surface area (Å²) in [5.74, 6) is -1.29. The van der Waals surface area contributed by atoms with Crippen molar-refractivity contribution in [2.24, 2.45) is 0 Å². The van der Waals surface area contributed by atoms with Crippen LogP contribution in [0.1, 0.15) is 15.9 Å². The average Bonchev–Trinajstić information content (AvgIpc) is 2.49. The van der Waals surface area contributed by atoms with E-state index in [1.54, 1.807) is 18.2 Å². The minimum Gasteiger partial charge on any atom is -0.495 e. The van der Waals surface area contributed by atoms with Crippen molar-refractivity contribution >= 4 is 31.7 Å². The van der Waals surface area contributed by atoms with Gasteiger partial charge >= 0.3 is 5.97 Å². The lowest BCUT2D eigenvalue weighted by molar-refractivity contribution is 0.0693. The number of carboxylic acid groups (broad SMARTS) is 1. The number of hydrogen-bond donors (Lipinski definition) is 1. The van der Waals surface area contributed by atoms with Gasteiger partial charge in [-0.25, -0.2) is 13.2 Å². The first-order valence-electron chi connectivity index (χ1n) is 6.23. The van der Waals surface area contributed by atoms with E-state index in [0.29, 0.717) is 10.0 Å². The zero-order chi connectivity index (χ0) is 16.3. The van der Waals surface area contributed by atoms with Crippen LogP contribution in [0.5, 0.6) is 5.75 Å². The van der Waals surface area contributed by atoms with Crippen LogP contribution >= 0.6 is 15.9 Å². The number of methoxy groups -OCH3 is 1. The number of rotatable bonds is 5. The van der Waals surface area contributed by atoms with E-state index in [2.05, 4.69) is 15.9 Å². The summed E-state index contributed by atoms with van der Waals surface area (Å²) in [5.41, 5.74) is 0.404. The fraction of sp³-hybridized carbons (Fsp3) is 0.133. The van der Waals surface area contributed by atoms with E-state index in [4.69, 9.17) is 9.84 Å². The monoisotopic (exact) mass is 384 g/mol. The molecule has 0 bridgehead atoms. The Bertz CT molecular complexity index is 800. The Balaban J connectivity index is 2.45. The Hall–Kier alpha value is -1.86. The van der Waals surface area contributed by atoms with Crippen LogP contribution in [-0.2, 0) is 15.6 Å². The Kier molecular flexibility index (Phi) is 4.87. The molecule has 0 spiro atoms. The molecule has 0 atom stereocenters. The molecule has 22 heavy (non-hydrogen) atoms. The van der Waals surface area contributed by atoms with Gasteiger partial charge in [-0.05, 0) is 39.7 Å². The molecule has 0 aliphatic heterocycles. The third-order valence-corrected chi connectivity index (χ3v) is 5.61. The number of halogens is 1. The summed E-state index contributed by atoms with van der Waals surface area (Å²) in [4.78, 5) is 11.3. The summed E-state index contributed by atoms with van der Waals surface area (Å²) >= 11 is 3.23. The molecule has 1 N–H and O–H groups in total. The number of carboxylic acids is 1. The number of aromatic carboxylic acids is 1. The second kappa shape index (κ2) is 6.50. The van der Waals surface area contributed by atoms with Crippen LogP contribution in [0.2, 0.25) is 0 Å². The number of sulfone groups is 1. The minimum atomic E-state index is -3.53. The zero-order valence-corrected chi connectivity index (χ0v) is 14.0. The van der Waals surface area contributed by atoms with E-state index in [-0.39, 0.29) is 22.0 Å². The molecule has 0 amide bonds. The lowest BCUT2D eigenvalue weighted by atomic mass is 10.1. The van der Waals surface area contributed by atoms with Crippen molar-refractivity contribution in [1.29, 1.82) is 0 Å².